The molecule has 0 aromatic carbocycles. The lowest BCUT2D eigenvalue weighted by Gasteiger charge is -2.41. The number of halogens is 1. The van der Waals surface area contributed by atoms with Crippen molar-refractivity contribution in [2.75, 3.05) is 39.3 Å². The Balaban J connectivity index is 0.00000176. The molecule has 0 aromatic heterocycles. The predicted molar refractivity (Wildman–Crippen MR) is 92.5 cm³/mol. The number of hydrogen-bond donors (Lipinski definition) is 1. The van der Waals surface area contributed by atoms with Gasteiger partial charge in [-0.1, -0.05) is 32.1 Å². The first-order valence-corrected chi connectivity index (χ1v) is 9.05. The molecule has 1 N–H and O–H groups in total. The molecule has 2 saturated heterocycles. The Kier molecular flexibility index (Phi) is 7.45. The van der Waals surface area contributed by atoms with Crippen LogP contribution in [0.15, 0.2) is 0 Å². The zero-order chi connectivity index (χ0) is 14.5. The molecule has 1 saturated carbocycles. The molecule has 1 unspecified atom stereocenters. The fourth-order valence-electron chi connectivity index (χ4n) is 4.34. The van der Waals surface area contributed by atoms with Crippen molar-refractivity contribution < 1.29 is 4.79 Å². The number of nitrogens with one attached hydrogen (secondary N) is 1. The van der Waals surface area contributed by atoms with Gasteiger partial charge in [-0.3, -0.25) is 4.79 Å². The molecule has 0 bridgehead atoms. The Labute approximate surface area is 141 Å². The lowest BCUT2D eigenvalue weighted by Crippen LogP contribution is -2.57. The van der Waals surface area contributed by atoms with Crippen molar-refractivity contribution in [1.29, 1.82) is 0 Å². The summed E-state index contributed by atoms with van der Waals surface area (Å²) in [6, 6.07) is 0.472. The maximum atomic E-state index is 12.1. The third-order valence-electron chi connectivity index (χ3n) is 5.63. The standard InChI is InChI=1S/C17H31N3O.ClH/c21-17-13-18-9-12-20(17)16-7-4-10-19(14-16)11-8-15-5-2-1-3-6-15;/h15-16,18H,1-14H2;1H. The molecule has 5 heteroatoms. The van der Waals surface area contributed by atoms with E-state index in [2.05, 4.69) is 15.1 Å². The van der Waals surface area contributed by atoms with Crippen LogP contribution in [0, 0.1) is 5.92 Å². The van der Waals surface area contributed by atoms with Gasteiger partial charge in [0.1, 0.15) is 0 Å². The molecular weight excluding hydrogens is 298 g/mol. The Hall–Kier alpha value is -0.320. The molecule has 2 heterocycles. The Morgan fingerprint density at radius 1 is 1.05 bits per heavy atom. The number of amides is 1. The molecule has 3 rings (SSSR count). The maximum absolute atomic E-state index is 12.1. The molecule has 1 aliphatic carbocycles. The Bertz CT molecular complexity index is 347. The van der Waals surface area contributed by atoms with Crippen LogP contribution in [0.1, 0.15) is 51.4 Å². The van der Waals surface area contributed by atoms with Crippen LogP contribution in [-0.4, -0.2) is 61.0 Å². The summed E-state index contributed by atoms with van der Waals surface area (Å²) in [5.41, 5.74) is 0. The fraction of sp³-hybridized carbons (Fsp3) is 0.941. The fourth-order valence-corrected chi connectivity index (χ4v) is 4.34. The largest absolute Gasteiger partial charge is 0.336 e. The highest BCUT2D eigenvalue weighted by Gasteiger charge is 2.30. The van der Waals surface area contributed by atoms with Crippen molar-refractivity contribution in [1.82, 2.24) is 15.1 Å². The molecule has 0 spiro atoms. The first kappa shape index (κ1) is 18.0. The summed E-state index contributed by atoms with van der Waals surface area (Å²) in [6.45, 7) is 6.01. The average molecular weight is 330 g/mol. The highest BCUT2D eigenvalue weighted by molar-refractivity contribution is 5.85. The van der Waals surface area contributed by atoms with Gasteiger partial charge in [0.15, 0.2) is 0 Å². The van der Waals surface area contributed by atoms with Crippen LogP contribution in [0.5, 0.6) is 0 Å². The molecule has 1 atom stereocenters. The smallest absolute Gasteiger partial charge is 0.236 e. The summed E-state index contributed by atoms with van der Waals surface area (Å²) >= 11 is 0. The third-order valence-corrected chi connectivity index (χ3v) is 5.63. The van der Waals surface area contributed by atoms with E-state index >= 15 is 0 Å². The average Bonchev–Trinajstić information content (AvgIpc) is 2.55. The van der Waals surface area contributed by atoms with Gasteiger partial charge in [0, 0.05) is 25.7 Å². The zero-order valence-corrected chi connectivity index (χ0v) is 14.6. The van der Waals surface area contributed by atoms with Crippen molar-refractivity contribution in [2.45, 2.75) is 57.4 Å². The molecule has 3 aliphatic rings. The number of carbonyl (C=O) groups is 1. The topological polar surface area (TPSA) is 35.6 Å². The molecule has 4 nitrogen and oxygen atoms in total. The van der Waals surface area contributed by atoms with E-state index in [0.717, 1.165) is 25.6 Å². The van der Waals surface area contributed by atoms with E-state index < -0.39 is 0 Å². The molecule has 3 fully saturated rings. The summed E-state index contributed by atoms with van der Waals surface area (Å²) in [7, 11) is 0. The summed E-state index contributed by atoms with van der Waals surface area (Å²) in [6.07, 6.45) is 11.1. The number of nitrogens with zero attached hydrogens (tertiary/aromatic N) is 2. The van der Waals surface area contributed by atoms with Gasteiger partial charge < -0.3 is 15.1 Å². The van der Waals surface area contributed by atoms with E-state index in [4.69, 9.17) is 0 Å². The summed E-state index contributed by atoms with van der Waals surface area (Å²) in [5.74, 6) is 1.28. The highest BCUT2D eigenvalue weighted by Crippen LogP contribution is 2.27. The Morgan fingerprint density at radius 3 is 2.64 bits per heavy atom. The summed E-state index contributed by atoms with van der Waals surface area (Å²) < 4.78 is 0. The SMILES string of the molecule is Cl.O=C1CNCCN1C1CCCN(CCC2CCCCC2)C1. The second kappa shape index (κ2) is 9.09. The van der Waals surface area contributed by atoms with E-state index in [1.807, 2.05) is 0 Å². The van der Waals surface area contributed by atoms with Gasteiger partial charge >= 0.3 is 0 Å². The van der Waals surface area contributed by atoms with Crippen LogP contribution >= 0.6 is 12.4 Å². The lowest BCUT2D eigenvalue weighted by atomic mass is 9.87. The number of likely N-dealkylation sites (tertiary alicyclic amines) is 1. The van der Waals surface area contributed by atoms with Crippen molar-refractivity contribution in [3.8, 4) is 0 Å². The quantitative estimate of drug-likeness (QED) is 0.859. The minimum atomic E-state index is 0. The lowest BCUT2D eigenvalue weighted by molar-refractivity contribution is -0.135. The summed E-state index contributed by atoms with van der Waals surface area (Å²) in [4.78, 5) is 16.8. The minimum Gasteiger partial charge on any atom is -0.336 e. The Morgan fingerprint density at radius 2 is 1.86 bits per heavy atom. The predicted octanol–water partition coefficient (Wildman–Crippen LogP) is 2.27. The van der Waals surface area contributed by atoms with Crippen LogP contribution in [0.25, 0.3) is 0 Å². The molecular formula is C17H32ClN3O. The third kappa shape index (κ3) is 4.84. The highest BCUT2D eigenvalue weighted by atomic mass is 35.5. The van der Waals surface area contributed by atoms with E-state index in [9.17, 15) is 4.79 Å². The van der Waals surface area contributed by atoms with Crippen LogP contribution in [0.2, 0.25) is 0 Å². The monoisotopic (exact) mass is 329 g/mol. The second-order valence-corrected chi connectivity index (χ2v) is 7.15. The van der Waals surface area contributed by atoms with Gasteiger partial charge in [0.25, 0.3) is 0 Å². The van der Waals surface area contributed by atoms with Gasteiger partial charge in [0.05, 0.1) is 6.54 Å². The van der Waals surface area contributed by atoms with E-state index in [1.54, 1.807) is 0 Å². The second-order valence-electron chi connectivity index (χ2n) is 7.15. The van der Waals surface area contributed by atoms with E-state index in [1.165, 1.54) is 64.5 Å². The number of piperidine rings is 1. The maximum Gasteiger partial charge on any atom is 0.236 e. The van der Waals surface area contributed by atoms with Crippen LogP contribution in [-0.2, 0) is 4.79 Å². The van der Waals surface area contributed by atoms with E-state index in [0.29, 0.717) is 18.5 Å². The number of hydrogen-bond acceptors (Lipinski definition) is 3. The van der Waals surface area contributed by atoms with Crippen molar-refractivity contribution >= 4 is 18.3 Å². The van der Waals surface area contributed by atoms with Crippen molar-refractivity contribution in [3.05, 3.63) is 0 Å². The molecule has 128 valence electrons. The number of rotatable bonds is 4. The van der Waals surface area contributed by atoms with Gasteiger partial charge in [0.2, 0.25) is 5.91 Å². The van der Waals surface area contributed by atoms with Crippen molar-refractivity contribution in [3.63, 3.8) is 0 Å². The van der Waals surface area contributed by atoms with Crippen LogP contribution < -0.4 is 5.32 Å². The molecule has 22 heavy (non-hydrogen) atoms. The van der Waals surface area contributed by atoms with E-state index in [-0.39, 0.29) is 12.4 Å². The molecule has 0 radical (unpaired) electrons. The number of piperazine rings is 1. The first-order valence-electron chi connectivity index (χ1n) is 9.05. The van der Waals surface area contributed by atoms with Gasteiger partial charge in [-0.25, -0.2) is 0 Å². The molecule has 1 amide bonds. The van der Waals surface area contributed by atoms with Crippen LogP contribution in [0.4, 0.5) is 0 Å². The van der Waals surface area contributed by atoms with Gasteiger partial charge in [-0.15, -0.1) is 12.4 Å². The van der Waals surface area contributed by atoms with Crippen molar-refractivity contribution in [2.24, 2.45) is 5.92 Å². The first-order chi connectivity index (χ1) is 10.3. The minimum absolute atomic E-state index is 0. The molecule has 2 aliphatic heterocycles. The number of carbonyl (C=O) groups excluding carboxylic acids is 1. The van der Waals surface area contributed by atoms with Crippen LogP contribution in [0.3, 0.4) is 0 Å². The normalized spacial score (nSPS) is 28.5. The van der Waals surface area contributed by atoms with Gasteiger partial charge in [-0.05, 0) is 38.3 Å². The summed E-state index contributed by atoms with van der Waals surface area (Å²) in [5, 5.41) is 3.18. The van der Waals surface area contributed by atoms with Gasteiger partial charge in [-0.2, -0.15) is 0 Å². The zero-order valence-electron chi connectivity index (χ0n) is 13.8. The molecule has 0 aromatic rings.